The minimum absolute atomic E-state index is 0.176. The molecule has 0 fully saturated rings. The minimum Gasteiger partial charge on any atom is -0.478 e. The van der Waals surface area contributed by atoms with Crippen LogP contribution in [0.15, 0.2) is 66.7 Å². The summed E-state index contributed by atoms with van der Waals surface area (Å²) in [5.41, 5.74) is 4.29. The maximum absolute atomic E-state index is 11.4. The molecule has 3 nitrogen and oxygen atoms in total. The summed E-state index contributed by atoms with van der Waals surface area (Å²) >= 11 is 0. The van der Waals surface area contributed by atoms with Crippen LogP contribution in [0.3, 0.4) is 0 Å². The lowest BCUT2D eigenvalue weighted by Crippen LogP contribution is -2.39. The topological polar surface area (TPSA) is 57.5 Å². The molecule has 2 N–H and O–H groups in total. The molecule has 0 heterocycles. The van der Waals surface area contributed by atoms with Gasteiger partial charge in [-0.05, 0) is 46.9 Å². The van der Waals surface area contributed by atoms with Crippen molar-refractivity contribution in [1.29, 1.82) is 0 Å². The van der Waals surface area contributed by atoms with E-state index in [0.717, 1.165) is 27.8 Å². The third-order valence-electron chi connectivity index (χ3n) is 4.83. The average molecular weight is 316 g/mol. The monoisotopic (exact) mass is 316 g/mol. The predicted octanol–water partition coefficient (Wildman–Crippen LogP) is 3.96. The fraction of sp³-hybridized carbons (Fsp3) is 0.0952. The molecule has 0 spiro atoms. The van der Waals surface area contributed by atoms with Crippen LogP contribution < -0.4 is 0 Å². The number of carbonyl (C=O) groups is 1. The summed E-state index contributed by atoms with van der Waals surface area (Å²) in [4.78, 5) is 11.3. The molecule has 4 rings (SSSR count). The third-order valence-corrected chi connectivity index (χ3v) is 4.83. The van der Waals surface area contributed by atoms with Crippen LogP contribution in [0.25, 0.3) is 11.1 Å². The lowest BCUT2D eigenvalue weighted by Gasteiger charge is -2.43. The molecule has 0 aliphatic heterocycles. The van der Waals surface area contributed by atoms with Crippen molar-refractivity contribution in [2.24, 2.45) is 0 Å². The highest BCUT2D eigenvalue weighted by Crippen LogP contribution is 2.53. The molecule has 0 saturated heterocycles. The molecule has 3 aromatic rings. The fourth-order valence-electron chi connectivity index (χ4n) is 3.68. The lowest BCUT2D eigenvalue weighted by molar-refractivity contribution is 0.0696. The van der Waals surface area contributed by atoms with Gasteiger partial charge in [0.25, 0.3) is 0 Å². The van der Waals surface area contributed by atoms with Crippen molar-refractivity contribution in [3.05, 3.63) is 94.5 Å². The van der Waals surface area contributed by atoms with Gasteiger partial charge in [-0.2, -0.15) is 0 Å². The summed E-state index contributed by atoms with van der Waals surface area (Å²) in [5.74, 6) is -0.997. The molecule has 3 aromatic carbocycles. The summed E-state index contributed by atoms with van der Waals surface area (Å²) in [5, 5.41) is 20.6. The number of carboxylic acids is 1. The van der Waals surface area contributed by atoms with Crippen LogP contribution >= 0.6 is 0 Å². The van der Waals surface area contributed by atoms with Gasteiger partial charge in [-0.1, -0.05) is 54.6 Å². The summed E-state index contributed by atoms with van der Waals surface area (Å²) in [7, 11) is 0. The van der Waals surface area contributed by atoms with Crippen LogP contribution in [0, 0.1) is 6.92 Å². The van der Waals surface area contributed by atoms with Crippen LogP contribution in [-0.2, 0) is 5.60 Å². The van der Waals surface area contributed by atoms with E-state index in [9.17, 15) is 15.0 Å². The molecule has 0 aromatic heterocycles. The fourth-order valence-corrected chi connectivity index (χ4v) is 3.68. The molecule has 0 saturated carbocycles. The second kappa shape index (κ2) is 5.05. The number of rotatable bonds is 3. The van der Waals surface area contributed by atoms with Crippen molar-refractivity contribution in [2.75, 3.05) is 0 Å². The smallest absolute Gasteiger partial charge is 0.335 e. The SMILES string of the molecule is Cc1c2ccc(-c3ccccc3)c1C2(O)c1cccc(C(=O)O)c1. The van der Waals surface area contributed by atoms with E-state index in [0.29, 0.717) is 5.56 Å². The number of aryl methyl sites for hydroxylation is 1. The van der Waals surface area contributed by atoms with Gasteiger partial charge in [0.2, 0.25) is 0 Å². The molecule has 1 unspecified atom stereocenters. The first kappa shape index (κ1) is 14.7. The van der Waals surface area contributed by atoms with Gasteiger partial charge in [-0.15, -0.1) is 0 Å². The summed E-state index contributed by atoms with van der Waals surface area (Å²) in [6.45, 7) is 1.99. The Morgan fingerprint density at radius 1 is 0.958 bits per heavy atom. The minimum atomic E-state index is -1.24. The van der Waals surface area contributed by atoms with Crippen LogP contribution in [0.2, 0.25) is 0 Å². The molecule has 1 aliphatic carbocycles. The Labute approximate surface area is 139 Å². The number of aromatic carboxylic acids is 1. The highest BCUT2D eigenvalue weighted by Gasteiger charge is 2.47. The van der Waals surface area contributed by atoms with Gasteiger partial charge in [-0.25, -0.2) is 4.79 Å². The van der Waals surface area contributed by atoms with E-state index >= 15 is 0 Å². The van der Waals surface area contributed by atoms with Crippen molar-refractivity contribution in [3.8, 4) is 11.1 Å². The molecule has 1 atom stereocenters. The van der Waals surface area contributed by atoms with E-state index < -0.39 is 11.6 Å². The van der Waals surface area contributed by atoms with Crippen LogP contribution in [0.5, 0.6) is 0 Å². The van der Waals surface area contributed by atoms with Crippen molar-refractivity contribution < 1.29 is 15.0 Å². The van der Waals surface area contributed by atoms with E-state index in [4.69, 9.17) is 0 Å². The predicted molar refractivity (Wildman–Crippen MR) is 92.1 cm³/mol. The Kier molecular flexibility index (Phi) is 3.08. The van der Waals surface area contributed by atoms with Gasteiger partial charge < -0.3 is 10.2 Å². The zero-order valence-electron chi connectivity index (χ0n) is 13.2. The highest BCUT2D eigenvalue weighted by atomic mass is 16.4. The summed E-state index contributed by atoms with van der Waals surface area (Å²) < 4.78 is 0. The second-order valence-electron chi connectivity index (χ2n) is 6.12. The first-order valence-corrected chi connectivity index (χ1v) is 7.79. The van der Waals surface area contributed by atoms with Crippen molar-refractivity contribution >= 4 is 5.97 Å². The standard InChI is InChI=1S/C21H16O3/c1-13-18-11-10-17(14-6-3-2-4-7-14)19(13)21(18,24)16-9-5-8-15(12-16)20(22)23/h2-12,24H,1H3,(H,22,23). The molecular weight excluding hydrogens is 300 g/mol. The first-order valence-electron chi connectivity index (χ1n) is 7.79. The van der Waals surface area contributed by atoms with E-state index in [2.05, 4.69) is 0 Å². The van der Waals surface area contributed by atoms with Gasteiger partial charge in [0.05, 0.1) is 5.56 Å². The average Bonchev–Trinajstić information content (AvgIpc) is 2.62. The van der Waals surface area contributed by atoms with Crippen molar-refractivity contribution in [2.45, 2.75) is 12.5 Å². The Bertz CT molecular complexity index is 960. The quantitative estimate of drug-likeness (QED) is 0.769. The van der Waals surface area contributed by atoms with E-state index in [1.54, 1.807) is 18.2 Å². The number of aliphatic hydroxyl groups is 1. The summed E-state index contributed by atoms with van der Waals surface area (Å²) in [6.07, 6.45) is 0. The zero-order chi connectivity index (χ0) is 16.9. The third kappa shape index (κ3) is 1.85. The molecule has 24 heavy (non-hydrogen) atoms. The lowest BCUT2D eigenvalue weighted by atomic mass is 9.64. The molecule has 3 heteroatoms. The van der Waals surface area contributed by atoms with Gasteiger partial charge in [-0.3, -0.25) is 0 Å². The van der Waals surface area contributed by atoms with E-state index in [1.807, 2.05) is 49.4 Å². The number of hydrogen-bond acceptors (Lipinski definition) is 2. The molecule has 0 radical (unpaired) electrons. The maximum atomic E-state index is 11.4. The van der Waals surface area contributed by atoms with Gasteiger partial charge in [0, 0.05) is 5.56 Å². The van der Waals surface area contributed by atoms with Crippen LogP contribution in [0.4, 0.5) is 0 Å². The Balaban J connectivity index is 1.90. The molecule has 2 bridgehead atoms. The normalized spacial score (nSPS) is 18.1. The highest BCUT2D eigenvalue weighted by molar-refractivity contribution is 5.88. The molecule has 1 aliphatic rings. The van der Waals surface area contributed by atoms with Crippen LogP contribution in [0.1, 0.15) is 32.6 Å². The maximum Gasteiger partial charge on any atom is 0.335 e. The number of fused-ring (bicyclic) bond motifs is 2. The number of benzene rings is 3. The van der Waals surface area contributed by atoms with Crippen molar-refractivity contribution in [1.82, 2.24) is 0 Å². The summed E-state index contributed by atoms with van der Waals surface area (Å²) in [6, 6.07) is 20.4. The van der Waals surface area contributed by atoms with E-state index in [-0.39, 0.29) is 5.56 Å². The molecular formula is C21H16O3. The van der Waals surface area contributed by atoms with Gasteiger partial charge >= 0.3 is 5.97 Å². The number of carboxylic acid groups (broad SMARTS) is 1. The Morgan fingerprint density at radius 3 is 2.38 bits per heavy atom. The van der Waals surface area contributed by atoms with Crippen molar-refractivity contribution in [3.63, 3.8) is 0 Å². The Morgan fingerprint density at radius 2 is 1.71 bits per heavy atom. The molecule has 118 valence electrons. The first-order chi connectivity index (χ1) is 11.5. The molecule has 0 amide bonds. The van der Waals surface area contributed by atoms with Crippen LogP contribution in [-0.4, -0.2) is 16.2 Å². The Hall–Kier alpha value is -2.91. The van der Waals surface area contributed by atoms with E-state index in [1.165, 1.54) is 6.07 Å². The number of hydrogen-bond donors (Lipinski definition) is 2. The van der Waals surface area contributed by atoms with Gasteiger partial charge in [0.1, 0.15) is 5.60 Å². The van der Waals surface area contributed by atoms with Gasteiger partial charge in [0.15, 0.2) is 0 Å². The zero-order valence-corrected chi connectivity index (χ0v) is 13.2. The second-order valence-corrected chi connectivity index (χ2v) is 6.12. The largest absolute Gasteiger partial charge is 0.478 e.